The van der Waals surface area contributed by atoms with Crippen molar-refractivity contribution < 1.29 is 9.53 Å². The van der Waals surface area contributed by atoms with E-state index in [1.54, 1.807) is 0 Å². The normalized spacial score (nSPS) is 21.8. The maximum absolute atomic E-state index is 12.5. The monoisotopic (exact) mass is 502 g/mol. The van der Waals surface area contributed by atoms with Gasteiger partial charge < -0.3 is 20.0 Å². The zero-order chi connectivity index (χ0) is 25.6. The van der Waals surface area contributed by atoms with Crippen molar-refractivity contribution >= 4 is 11.7 Å². The number of hydrogen-bond acceptors (Lipinski definition) is 7. The van der Waals surface area contributed by atoms with Gasteiger partial charge in [0.05, 0.1) is 18.7 Å². The van der Waals surface area contributed by atoms with Crippen LogP contribution in [0.15, 0.2) is 66.0 Å². The van der Waals surface area contributed by atoms with Crippen molar-refractivity contribution in [2.24, 2.45) is 5.10 Å². The van der Waals surface area contributed by atoms with Gasteiger partial charge in [0.25, 0.3) is 0 Å². The molecule has 0 aromatic heterocycles. The second-order valence-electron chi connectivity index (χ2n) is 9.92. The highest BCUT2D eigenvalue weighted by atomic mass is 16.5. The molecule has 5 rings (SSSR count). The lowest BCUT2D eigenvalue weighted by Gasteiger charge is -2.37. The molecule has 1 amide bonds. The molecule has 196 valence electrons. The van der Waals surface area contributed by atoms with Gasteiger partial charge in [0.2, 0.25) is 5.91 Å². The van der Waals surface area contributed by atoms with E-state index in [-0.39, 0.29) is 24.2 Å². The van der Waals surface area contributed by atoms with Gasteiger partial charge in [0, 0.05) is 31.8 Å². The quantitative estimate of drug-likeness (QED) is 0.400. The number of hydrogen-bond donors (Lipinski definition) is 3. The molecule has 8 nitrogen and oxygen atoms in total. The Morgan fingerprint density at radius 1 is 1.08 bits per heavy atom. The average Bonchev–Trinajstić information content (AvgIpc) is 3.56. The van der Waals surface area contributed by atoms with Crippen molar-refractivity contribution in [2.45, 2.75) is 77.2 Å². The Hall–Kier alpha value is -3.52. The number of amidine groups is 1. The first kappa shape index (κ1) is 25.1. The predicted octanol–water partition coefficient (Wildman–Crippen LogP) is 4.17. The van der Waals surface area contributed by atoms with Crippen LogP contribution >= 0.6 is 0 Å². The fraction of sp³-hybridized carbons (Fsp3) is 0.448. The van der Waals surface area contributed by atoms with Crippen LogP contribution in [0.5, 0.6) is 5.75 Å². The molecule has 3 aliphatic heterocycles. The number of fused-ring (bicyclic) bond motifs is 3. The van der Waals surface area contributed by atoms with Crippen molar-refractivity contribution in [1.29, 1.82) is 0 Å². The standard InChI is InChI=1S/C29H38N6O2/c1-3-5-18-37-24-12-10-23(11-13-24)25-19-26-29-32-31-27(34(29)16-17-35(26)33-25)14-15-28(36)30-20-22-8-6-21(4-2)7-9-22/h6-13,16-17,25-26,29,32-33H,3-5,14-15,18-20H2,1-2H3,(H,30,36). The number of unbranched alkanes of at least 4 members (excludes halogenated alkanes) is 1. The van der Waals surface area contributed by atoms with E-state index < -0.39 is 0 Å². The summed E-state index contributed by atoms with van der Waals surface area (Å²) in [5.41, 5.74) is 10.6. The van der Waals surface area contributed by atoms with Crippen molar-refractivity contribution in [1.82, 2.24) is 26.1 Å². The fourth-order valence-corrected chi connectivity index (χ4v) is 5.07. The summed E-state index contributed by atoms with van der Waals surface area (Å²) >= 11 is 0. The van der Waals surface area contributed by atoms with Gasteiger partial charge in [0.1, 0.15) is 17.8 Å². The van der Waals surface area contributed by atoms with Gasteiger partial charge in [-0.3, -0.25) is 10.2 Å². The molecule has 3 N–H and O–H groups in total. The lowest BCUT2D eigenvalue weighted by Crippen LogP contribution is -2.54. The zero-order valence-corrected chi connectivity index (χ0v) is 21.8. The Bertz CT molecular complexity index is 1110. The topological polar surface area (TPSA) is 81.2 Å². The summed E-state index contributed by atoms with van der Waals surface area (Å²) in [6, 6.07) is 17.3. The van der Waals surface area contributed by atoms with Crippen LogP contribution in [-0.2, 0) is 17.8 Å². The Kier molecular flexibility index (Phi) is 7.94. The number of rotatable bonds is 11. The number of benzene rings is 2. The van der Waals surface area contributed by atoms with E-state index in [0.29, 0.717) is 19.4 Å². The van der Waals surface area contributed by atoms with Crippen LogP contribution in [-0.4, -0.2) is 40.5 Å². The largest absolute Gasteiger partial charge is 0.494 e. The van der Waals surface area contributed by atoms with Crippen molar-refractivity contribution in [2.75, 3.05) is 6.61 Å². The van der Waals surface area contributed by atoms with Crippen LogP contribution in [0, 0.1) is 0 Å². The highest BCUT2D eigenvalue weighted by Gasteiger charge is 2.44. The first-order chi connectivity index (χ1) is 18.1. The summed E-state index contributed by atoms with van der Waals surface area (Å²) in [6.07, 6.45) is 9.36. The van der Waals surface area contributed by atoms with Crippen LogP contribution < -0.4 is 20.9 Å². The molecule has 2 aromatic rings. The molecule has 1 saturated heterocycles. The first-order valence-corrected chi connectivity index (χ1v) is 13.5. The Balaban J connectivity index is 1.10. The summed E-state index contributed by atoms with van der Waals surface area (Å²) < 4.78 is 5.81. The molecular weight excluding hydrogens is 464 g/mol. The summed E-state index contributed by atoms with van der Waals surface area (Å²) in [4.78, 5) is 14.7. The summed E-state index contributed by atoms with van der Waals surface area (Å²) in [7, 11) is 0. The van der Waals surface area contributed by atoms with Gasteiger partial charge in [-0.1, -0.05) is 56.7 Å². The second kappa shape index (κ2) is 11.7. The van der Waals surface area contributed by atoms with Crippen LogP contribution in [0.4, 0.5) is 0 Å². The van der Waals surface area contributed by atoms with Crippen LogP contribution in [0.25, 0.3) is 0 Å². The highest BCUT2D eigenvalue weighted by molar-refractivity contribution is 5.89. The maximum Gasteiger partial charge on any atom is 0.220 e. The first-order valence-electron chi connectivity index (χ1n) is 13.5. The van der Waals surface area contributed by atoms with E-state index in [4.69, 9.17) is 4.74 Å². The fourth-order valence-electron chi connectivity index (χ4n) is 5.07. The van der Waals surface area contributed by atoms with Gasteiger partial charge in [-0.25, -0.2) is 5.43 Å². The van der Waals surface area contributed by atoms with Gasteiger partial charge in [-0.2, -0.15) is 5.10 Å². The average molecular weight is 503 g/mol. The molecule has 1 fully saturated rings. The Morgan fingerprint density at radius 3 is 2.62 bits per heavy atom. The second-order valence-corrected chi connectivity index (χ2v) is 9.92. The number of nitrogens with zero attached hydrogens (tertiary/aromatic N) is 3. The Morgan fingerprint density at radius 2 is 1.86 bits per heavy atom. The molecule has 37 heavy (non-hydrogen) atoms. The van der Waals surface area contributed by atoms with Crippen molar-refractivity contribution in [3.05, 3.63) is 77.6 Å². The highest BCUT2D eigenvalue weighted by Crippen LogP contribution is 2.34. The number of hydrazine groups is 1. The molecule has 0 saturated carbocycles. The lowest BCUT2D eigenvalue weighted by molar-refractivity contribution is -0.121. The van der Waals surface area contributed by atoms with E-state index in [2.05, 4.69) is 99.8 Å². The number of carbonyl (C=O) groups is 1. The van der Waals surface area contributed by atoms with Gasteiger partial charge in [-0.15, -0.1) is 0 Å². The van der Waals surface area contributed by atoms with Crippen LogP contribution in [0.2, 0.25) is 0 Å². The number of ether oxygens (including phenoxy) is 1. The molecule has 0 spiro atoms. The number of carbonyl (C=O) groups excluding carboxylic acids is 1. The number of nitrogens with one attached hydrogen (secondary N) is 3. The van der Waals surface area contributed by atoms with E-state index in [9.17, 15) is 4.79 Å². The molecule has 0 radical (unpaired) electrons. The molecule has 0 bridgehead atoms. The molecule has 0 aliphatic carbocycles. The summed E-state index contributed by atoms with van der Waals surface area (Å²) in [5.74, 6) is 1.87. The number of hydrazone groups is 1. The third kappa shape index (κ3) is 5.91. The molecule has 3 unspecified atom stereocenters. The predicted molar refractivity (Wildman–Crippen MR) is 145 cm³/mol. The summed E-state index contributed by atoms with van der Waals surface area (Å²) in [5, 5.41) is 9.80. The lowest BCUT2D eigenvalue weighted by atomic mass is 9.99. The van der Waals surface area contributed by atoms with E-state index in [1.807, 2.05) is 6.20 Å². The maximum atomic E-state index is 12.5. The van der Waals surface area contributed by atoms with E-state index in [0.717, 1.165) is 49.4 Å². The van der Waals surface area contributed by atoms with Gasteiger partial charge in [0.15, 0.2) is 0 Å². The van der Waals surface area contributed by atoms with Crippen molar-refractivity contribution in [3.63, 3.8) is 0 Å². The minimum absolute atomic E-state index is 0.0399. The number of amides is 1. The minimum atomic E-state index is 0.0399. The SMILES string of the molecule is CCCCOc1ccc(C2CC3C4NN=C(CCC(=O)NCc5ccc(CC)cc5)N4C=CN3N2)cc1. The zero-order valence-electron chi connectivity index (χ0n) is 21.8. The molecule has 3 atom stereocenters. The van der Waals surface area contributed by atoms with E-state index >= 15 is 0 Å². The smallest absolute Gasteiger partial charge is 0.220 e. The van der Waals surface area contributed by atoms with Crippen LogP contribution in [0.1, 0.15) is 68.7 Å². The third-order valence-corrected chi connectivity index (χ3v) is 7.36. The van der Waals surface area contributed by atoms with Gasteiger partial charge in [-0.05, 0) is 48.1 Å². The molecule has 3 aliphatic rings. The molecule has 3 heterocycles. The Labute approximate surface area is 219 Å². The molecule has 8 heteroatoms. The van der Waals surface area contributed by atoms with Gasteiger partial charge >= 0.3 is 0 Å². The molecule has 2 aromatic carbocycles. The number of aryl methyl sites for hydroxylation is 1. The van der Waals surface area contributed by atoms with Crippen molar-refractivity contribution in [3.8, 4) is 5.75 Å². The van der Waals surface area contributed by atoms with E-state index in [1.165, 1.54) is 11.1 Å². The van der Waals surface area contributed by atoms with Crippen LogP contribution in [0.3, 0.4) is 0 Å². The molecular formula is C29H38N6O2. The summed E-state index contributed by atoms with van der Waals surface area (Å²) in [6.45, 7) is 5.62. The minimum Gasteiger partial charge on any atom is -0.494 e. The third-order valence-electron chi connectivity index (χ3n) is 7.36.